The summed E-state index contributed by atoms with van der Waals surface area (Å²) in [5, 5.41) is 2.67. The van der Waals surface area contributed by atoms with Crippen molar-refractivity contribution in [1.29, 1.82) is 0 Å². The summed E-state index contributed by atoms with van der Waals surface area (Å²) in [6, 6.07) is 17.5. The first kappa shape index (κ1) is 18.4. The van der Waals surface area contributed by atoms with Gasteiger partial charge < -0.3 is 10.1 Å². The molecule has 0 aliphatic rings. The lowest BCUT2D eigenvalue weighted by atomic mass is 10.2. The molecule has 2 aromatic carbocycles. The quantitative estimate of drug-likeness (QED) is 0.681. The van der Waals surface area contributed by atoms with Crippen LogP contribution in [-0.2, 0) is 10.0 Å². The monoisotopic (exact) mass is 383 g/mol. The number of benzene rings is 2. The molecule has 0 atom stereocenters. The molecule has 0 aliphatic carbocycles. The first-order valence-corrected chi connectivity index (χ1v) is 9.46. The van der Waals surface area contributed by atoms with Gasteiger partial charge in [0.25, 0.3) is 15.9 Å². The van der Waals surface area contributed by atoms with Crippen LogP contribution in [0, 0.1) is 0 Å². The average molecular weight is 383 g/mol. The van der Waals surface area contributed by atoms with Crippen molar-refractivity contribution < 1.29 is 17.9 Å². The fourth-order valence-corrected chi connectivity index (χ4v) is 3.40. The van der Waals surface area contributed by atoms with Crippen molar-refractivity contribution in [1.82, 2.24) is 4.98 Å². The normalized spacial score (nSPS) is 10.9. The molecule has 0 radical (unpaired) electrons. The van der Waals surface area contributed by atoms with E-state index in [2.05, 4.69) is 15.0 Å². The number of methoxy groups -OCH3 is 1. The van der Waals surface area contributed by atoms with Crippen molar-refractivity contribution in [3.63, 3.8) is 0 Å². The number of rotatable bonds is 6. The summed E-state index contributed by atoms with van der Waals surface area (Å²) in [6.07, 6.45) is 1.51. The lowest BCUT2D eigenvalue weighted by Crippen LogP contribution is -2.17. The molecule has 0 aliphatic heterocycles. The minimum absolute atomic E-state index is 0.0779. The minimum Gasteiger partial charge on any atom is -0.497 e. The molecule has 138 valence electrons. The number of aromatic nitrogens is 1. The lowest BCUT2D eigenvalue weighted by molar-refractivity contribution is 0.102. The number of amides is 1. The van der Waals surface area contributed by atoms with E-state index in [-0.39, 0.29) is 16.3 Å². The first-order valence-electron chi connectivity index (χ1n) is 7.98. The van der Waals surface area contributed by atoms with Crippen LogP contribution in [0.2, 0.25) is 0 Å². The number of hydrogen-bond donors (Lipinski definition) is 2. The van der Waals surface area contributed by atoms with E-state index in [1.165, 1.54) is 25.4 Å². The Labute approximate surface area is 157 Å². The molecule has 27 heavy (non-hydrogen) atoms. The highest BCUT2D eigenvalue weighted by molar-refractivity contribution is 7.92. The van der Waals surface area contributed by atoms with Gasteiger partial charge in [0.1, 0.15) is 11.4 Å². The standard InChI is InChI=1S/C19H17N3O4S/c1-26-14-9-11-15(12-10-14)27(24,25)22-17-7-3-2-6-16(17)21-19(23)18-8-4-5-13-20-18/h2-13,22H,1H3,(H,21,23). The van der Waals surface area contributed by atoms with Crippen LogP contribution in [0.1, 0.15) is 10.5 Å². The number of pyridine rings is 1. The summed E-state index contributed by atoms with van der Waals surface area (Å²) in [6.45, 7) is 0. The smallest absolute Gasteiger partial charge is 0.274 e. The molecule has 1 heterocycles. The van der Waals surface area contributed by atoms with Gasteiger partial charge >= 0.3 is 0 Å². The predicted molar refractivity (Wildman–Crippen MR) is 102 cm³/mol. The van der Waals surface area contributed by atoms with Crippen LogP contribution in [0.4, 0.5) is 11.4 Å². The second-order valence-corrected chi connectivity index (χ2v) is 7.18. The Morgan fingerprint density at radius 2 is 1.59 bits per heavy atom. The fraction of sp³-hybridized carbons (Fsp3) is 0.0526. The van der Waals surface area contributed by atoms with E-state index in [1.807, 2.05) is 0 Å². The van der Waals surface area contributed by atoms with Crippen LogP contribution in [-0.4, -0.2) is 26.4 Å². The summed E-state index contributed by atoms with van der Waals surface area (Å²) in [5.41, 5.74) is 0.799. The van der Waals surface area contributed by atoms with Crippen molar-refractivity contribution in [2.75, 3.05) is 17.1 Å². The molecule has 0 saturated heterocycles. The maximum absolute atomic E-state index is 12.6. The average Bonchev–Trinajstić information content (AvgIpc) is 2.70. The van der Waals surface area contributed by atoms with E-state index >= 15 is 0 Å². The molecule has 0 bridgehead atoms. The number of sulfonamides is 1. The van der Waals surface area contributed by atoms with E-state index in [0.717, 1.165) is 0 Å². The number of ether oxygens (including phenoxy) is 1. The van der Waals surface area contributed by atoms with Crippen molar-refractivity contribution in [2.24, 2.45) is 0 Å². The highest BCUT2D eigenvalue weighted by atomic mass is 32.2. The van der Waals surface area contributed by atoms with E-state index in [0.29, 0.717) is 11.4 Å². The van der Waals surface area contributed by atoms with E-state index < -0.39 is 15.9 Å². The summed E-state index contributed by atoms with van der Waals surface area (Å²) in [5.74, 6) is 0.115. The topological polar surface area (TPSA) is 97.4 Å². The molecule has 8 heteroatoms. The zero-order chi connectivity index (χ0) is 19.3. The van der Waals surface area contributed by atoms with Gasteiger partial charge in [0.15, 0.2) is 0 Å². The van der Waals surface area contributed by atoms with Crippen molar-refractivity contribution in [3.05, 3.63) is 78.6 Å². The van der Waals surface area contributed by atoms with Gasteiger partial charge in [0.05, 0.1) is 23.4 Å². The predicted octanol–water partition coefficient (Wildman–Crippen LogP) is 3.14. The van der Waals surface area contributed by atoms with E-state index in [9.17, 15) is 13.2 Å². The Hall–Kier alpha value is -3.39. The Bertz CT molecular complexity index is 1040. The molecule has 1 amide bonds. The molecule has 3 aromatic rings. The molecule has 2 N–H and O–H groups in total. The number of hydrogen-bond acceptors (Lipinski definition) is 5. The maximum atomic E-state index is 12.6. The molecular formula is C19H17N3O4S. The second-order valence-electron chi connectivity index (χ2n) is 5.50. The molecular weight excluding hydrogens is 366 g/mol. The molecule has 0 fully saturated rings. The second kappa shape index (κ2) is 7.88. The van der Waals surface area contributed by atoms with Crippen LogP contribution in [0.15, 0.2) is 77.8 Å². The first-order chi connectivity index (χ1) is 13.0. The molecule has 0 unspecified atom stereocenters. The highest BCUT2D eigenvalue weighted by Gasteiger charge is 2.17. The summed E-state index contributed by atoms with van der Waals surface area (Å²) < 4.78 is 32.8. The number of carbonyl (C=O) groups is 1. The molecule has 3 rings (SSSR count). The Morgan fingerprint density at radius 3 is 2.22 bits per heavy atom. The Kier molecular flexibility index (Phi) is 5.37. The van der Waals surface area contributed by atoms with Crippen molar-refractivity contribution in [3.8, 4) is 5.75 Å². The molecule has 1 aromatic heterocycles. The van der Waals surface area contributed by atoms with Gasteiger partial charge in [-0.2, -0.15) is 0 Å². The van der Waals surface area contributed by atoms with Crippen LogP contribution in [0.25, 0.3) is 0 Å². The highest BCUT2D eigenvalue weighted by Crippen LogP contribution is 2.25. The third kappa shape index (κ3) is 4.42. The molecule has 7 nitrogen and oxygen atoms in total. The molecule has 0 saturated carbocycles. The minimum atomic E-state index is -3.83. The largest absolute Gasteiger partial charge is 0.497 e. The zero-order valence-electron chi connectivity index (χ0n) is 14.4. The van der Waals surface area contributed by atoms with Gasteiger partial charge in [-0.25, -0.2) is 8.42 Å². The third-order valence-electron chi connectivity index (χ3n) is 3.69. The summed E-state index contributed by atoms with van der Waals surface area (Å²) in [7, 11) is -2.33. The van der Waals surface area contributed by atoms with E-state index in [1.54, 1.807) is 54.6 Å². The van der Waals surface area contributed by atoms with Crippen molar-refractivity contribution >= 4 is 27.3 Å². The van der Waals surface area contributed by atoms with Gasteiger partial charge in [-0.3, -0.25) is 14.5 Å². The van der Waals surface area contributed by atoms with Gasteiger partial charge in [-0.1, -0.05) is 18.2 Å². The Balaban J connectivity index is 1.84. The number of carbonyl (C=O) groups excluding carboxylic acids is 1. The van der Waals surface area contributed by atoms with E-state index in [4.69, 9.17) is 4.74 Å². The van der Waals surface area contributed by atoms with Crippen LogP contribution < -0.4 is 14.8 Å². The van der Waals surface area contributed by atoms with Gasteiger partial charge in [-0.15, -0.1) is 0 Å². The number of anilines is 2. The van der Waals surface area contributed by atoms with Gasteiger partial charge in [0, 0.05) is 6.20 Å². The SMILES string of the molecule is COc1ccc(S(=O)(=O)Nc2ccccc2NC(=O)c2ccccn2)cc1. The lowest BCUT2D eigenvalue weighted by Gasteiger charge is -2.13. The number of para-hydroxylation sites is 2. The summed E-state index contributed by atoms with van der Waals surface area (Å²) in [4.78, 5) is 16.4. The fourth-order valence-electron chi connectivity index (χ4n) is 2.32. The van der Waals surface area contributed by atoms with Crippen LogP contribution in [0.3, 0.4) is 0 Å². The van der Waals surface area contributed by atoms with Crippen LogP contribution >= 0.6 is 0 Å². The van der Waals surface area contributed by atoms with Gasteiger partial charge in [0.2, 0.25) is 0 Å². The number of nitrogens with one attached hydrogen (secondary N) is 2. The zero-order valence-corrected chi connectivity index (χ0v) is 15.2. The van der Waals surface area contributed by atoms with Gasteiger partial charge in [-0.05, 0) is 48.5 Å². The van der Waals surface area contributed by atoms with Crippen LogP contribution in [0.5, 0.6) is 5.75 Å². The molecule has 0 spiro atoms. The number of nitrogens with zero attached hydrogens (tertiary/aromatic N) is 1. The Morgan fingerprint density at radius 1 is 0.926 bits per heavy atom. The third-order valence-corrected chi connectivity index (χ3v) is 5.07. The van der Waals surface area contributed by atoms with Crippen molar-refractivity contribution in [2.45, 2.75) is 4.90 Å². The maximum Gasteiger partial charge on any atom is 0.274 e. The summed E-state index contributed by atoms with van der Waals surface area (Å²) >= 11 is 0.